The number of aryl methyl sites for hydroxylation is 1. The molecule has 0 aliphatic carbocycles. The Morgan fingerprint density at radius 3 is 2.65 bits per heavy atom. The van der Waals surface area contributed by atoms with Gasteiger partial charge in [-0.3, -0.25) is 9.58 Å². The van der Waals surface area contributed by atoms with E-state index in [1.54, 1.807) is 0 Å². The number of benzene rings is 1. The lowest BCUT2D eigenvalue weighted by Crippen LogP contribution is -2.33. The first kappa shape index (κ1) is 13.8. The molecular weight excluding hydrogens is 316 g/mol. The zero-order valence-electron chi connectivity index (χ0n) is 11.7. The molecule has 1 fully saturated rings. The number of likely N-dealkylation sites (tertiary alicyclic amines) is 1. The molecule has 2 aromatic rings. The summed E-state index contributed by atoms with van der Waals surface area (Å²) in [5.41, 5.74) is 2.64. The van der Waals surface area contributed by atoms with Gasteiger partial charge in [0.15, 0.2) is 0 Å². The van der Waals surface area contributed by atoms with Crippen LogP contribution in [0.1, 0.15) is 30.0 Å². The number of nitrogens with zero attached hydrogens (tertiary/aromatic N) is 4. The Morgan fingerprint density at radius 2 is 2.00 bits per heavy atom. The van der Waals surface area contributed by atoms with Gasteiger partial charge >= 0.3 is 0 Å². The van der Waals surface area contributed by atoms with Gasteiger partial charge < -0.3 is 0 Å². The highest BCUT2D eigenvalue weighted by Crippen LogP contribution is 2.33. The van der Waals surface area contributed by atoms with Crippen molar-refractivity contribution in [2.45, 2.75) is 25.3 Å². The molecule has 0 amide bonds. The third-order valence-corrected chi connectivity index (χ3v) is 4.85. The lowest BCUT2D eigenvalue weighted by atomic mass is 9.89. The second-order valence-electron chi connectivity index (χ2n) is 5.42. The molecule has 2 heterocycles. The molecule has 4 nitrogen and oxygen atoms in total. The first-order valence-electron chi connectivity index (χ1n) is 7.04. The Kier molecular flexibility index (Phi) is 4.17. The molecule has 20 heavy (non-hydrogen) atoms. The quantitative estimate of drug-likeness (QED) is 0.865. The SMILES string of the molecule is Cn1nncc1CN1CCC(c2ccccc2Br)CC1. The molecule has 0 spiro atoms. The Hall–Kier alpha value is -1.20. The maximum Gasteiger partial charge on any atom is 0.0738 e. The normalized spacial score (nSPS) is 17.5. The standard InChI is InChI=1S/C15H19BrN4/c1-19-13(10-17-18-19)11-20-8-6-12(7-9-20)14-4-2-3-5-15(14)16/h2-5,10,12H,6-9,11H2,1H3. The van der Waals surface area contributed by atoms with Crippen LogP contribution in [0.4, 0.5) is 0 Å². The number of aromatic nitrogens is 3. The lowest BCUT2D eigenvalue weighted by molar-refractivity contribution is 0.200. The summed E-state index contributed by atoms with van der Waals surface area (Å²) in [5.74, 6) is 0.673. The van der Waals surface area contributed by atoms with Crippen molar-refractivity contribution < 1.29 is 0 Å². The van der Waals surface area contributed by atoms with Gasteiger partial charge in [-0.2, -0.15) is 0 Å². The summed E-state index contributed by atoms with van der Waals surface area (Å²) >= 11 is 3.67. The van der Waals surface area contributed by atoms with Crippen molar-refractivity contribution >= 4 is 15.9 Å². The largest absolute Gasteiger partial charge is 0.297 e. The van der Waals surface area contributed by atoms with E-state index in [1.807, 2.05) is 17.9 Å². The zero-order valence-corrected chi connectivity index (χ0v) is 13.3. The average Bonchev–Trinajstić information content (AvgIpc) is 2.86. The Bertz CT molecular complexity index is 573. The molecule has 106 valence electrons. The van der Waals surface area contributed by atoms with E-state index in [0.29, 0.717) is 5.92 Å². The number of piperidine rings is 1. The van der Waals surface area contributed by atoms with E-state index in [4.69, 9.17) is 0 Å². The molecule has 1 saturated heterocycles. The monoisotopic (exact) mass is 334 g/mol. The van der Waals surface area contributed by atoms with Gasteiger partial charge in [0.05, 0.1) is 11.9 Å². The van der Waals surface area contributed by atoms with Crippen LogP contribution in [0, 0.1) is 0 Å². The molecule has 0 N–H and O–H groups in total. The molecule has 0 atom stereocenters. The lowest BCUT2D eigenvalue weighted by Gasteiger charge is -2.32. The summed E-state index contributed by atoms with van der Waals surface area (Å²) in [4.78, 5) is 2.49. The maximum atomic E-state index is 3.99. The predicted octanol–water partition coefficient (Wildman–Crippen LogP) is 2.96. The molecular formula is C15H19BrN4. The molecule has 0 unspecified atom stereocenters. The van der Waals surface area contributed by atoms with E-state index < -0.39 is 0 Å². The highest BCUT2D eigenvalue weighted by Gasteiger charge is 2.22. The van der Waals surface area contributed by atoms with Crippen molar-refractivity contribution in [3.63, 3.8) is 0 Å². The van der Waals surface area contributed by atoms with Crippen molar-refractivity contribution in [1.29, 1.82) is 0 Å². The first-order valence-corrected chi connectivity index (χ1v) is 7.83. The molecule has 1 aliphatic rings. The summed E-state index contributed by atoms with van der Waals surface area (Å²) in [7, 11) is 1.95. The van der Waals surface area contributed by atoms with Crippen LogP contribution in [0.5, 0.6) is 0 Å². The first-order chi connectivity index (χ1) is 9.74. The Labute approximate surface area is 127 Å². The zero-order chi connectivity index (χ0) is 13.9. The van der Waals surface area contributed by atoms with Gasteiger partial charge in [0.25, 0.3) is 0 Å². The van der Waals surface area contributed by atoms with Crippen LogP contribution in [-0.2, 0) is 13.6 Å². The van der Waals surface area contributed by atoms with Gasteiger partial charge in [-0.15, -0.1) is 5.10 Å². The summed E-state index contributed by atoms with van der Waals surface area (Å²) in [6.45, 7) is 3.22. The highest BCUT2D eigenvalue weighted by atomic mass is 79.9. The summed E-state index contributed by atoms with van der Waals surface area (Å²) in [5, 5.41) is 7.93. The van der Waals surface area contributed by atoms with Crippen LogP contribution in [0.2, 0.25) is 0 Å². The van der Waals surface area contributed by atoms with E-state index in [9.17, 15) is 0 Å². The number of hydrogen-bond donors (Lipinski definition) is 0. The second-order valence-corrected chi connectivity index (χ2v) is 6.28. The second kappa shape index (κ2) is 6.06. The molecule has 5 heteroatoms. The molecule has 0 saturated carbocycles. The van der Waals surface area contributed by atoms with E-state index in [0.717, 1.165) is 19.6 Å². The number of rotatable bonds is 3. The van der Waals surface area contributed by atoms with Gasteiger partial charge in [0, 0.05) is 18.1 Å². The molecule has 1 aromatic carbocycles. The summed E-state index contributed by atoms with van der Waals surface area (Å²) in [6, 6.07) is 8.60. The van der Waals surface area contributed by atoms with Crippen LogP contribution < -0.4 is 0 Å². The minimum atomic E-state index is 0.673. The fraction of sp³-hybridized carbons (Fsp3) is 0.467. The number of hydrogen-bond acceptors (Lipinski definition) is 3. The van der Waals surface area contributed by atoms with Gasteiger partial charge in [-0.25, -0.2) is 0 Å². The smallest absolute Gasteiger partial charge is 0.0738 e. The third-order valence-electron chi connectivity index (χ3n) is 4.13. The third kappa shape index (κ3) is 2.94. The average molecular weight is 335 g/mol. The van der Waals surface area contributed by atoms with Gasteiger partial charge in [-0.1, -0.05) is 39.3 Å². The molecule has 1 aromatic heterocycles. The van der Waals surface area contributed by atoms with Gasteiger partial charge in [0.2, 0.25) is 0 Å². The van der Waals surface area contributed by atoms with Gasteiger partial charge in [0.1, 0.15) is 0 Å². The van der Waals surface area contributed by atoms with Crippen molar-refractivity contribution in [3.05, 3.63) is 46.2 Å². The van der Waals surface area contributed by atoms with Crippen molar-refractivity contribution in [3.8, 4) is 0 Å². The number of halogens is 1. The highest BCUT2D eigenvalue weighted by molar-refractivity contribution is 9.10. The summed E-state index contributed by atoms with van der Waals surface area (Å²) in [6.07, 6.45) is 4.29. The fourth-order valence-corrected chi connectivity index (χ4v) is 3.50. The molecule has 3 rings (SSSR count). The van der Waals surface area contributed by atoms with Crippen LogP contribution in [0.25, 0.3) is 0 Å². The minimum absolute atomic E-state index is 0.673. The van der Waals surface area contributed by atoms with Crippen LogP contribution >= 0.6 is 15.9 Å². The van der Waals surface area contributed by atoms with E-state index in [2.05, 4.69) is 55.4 Å². The molecule has 0 bridgehead atoms. The van der Waals surface area contributed by atoms with Crippen LogP contribution in [0.3, 0.4) is 0 Å². The van der Waals surface area contributed by atoms with E-state index in [-0.39, 0.29) is 0 Å². The van der Waals surface area contributed by atoms with E-state index >= 15 is 0 Å². The van der Waals surface area contributed by atoms with Crippen molar-refractivity contribution in [2.75, 3.05) is 13.1 Å². The van der Waals surface area contributed by atoms with Crippen LogP contribution in [0.15, 0.2) is 34.9 Å². The van der Waals surface area contributed by atoms with Gasteiger partial charge in [-0.05, 0) is 43.5 Å². The topological polar surface area (TPSA) is 34.0 Å². The minimum Gasteiger partial charge on any atom is -0.297 e. The molecule has 0 radical (unpaired) electrons. The fourth-order valence-electron chi connectivity index (χ4n) is 2.89. The Morgan fingerprint density at radius 1 is 1.25 bits per heavy atom. The van der Waals surface area contributed by atoms with Crippen LogP contribution in [-0.4, -0.2) is 33.0 Å². The Balaban J connectivity index is 1.60. The van der Waals surface area contributed by atoms with Crippen molar-refractivity contribution in [1.82, 2.24) is 19.9 Å². The molecule has 1 aliphatic heterocycles. The van der Waals surface area contributed by atoms with E-state index in [1.165, 1.54) is 28.6 Å². The predicted molar refractivity (Wildman–Crippen MR) is 82.4 cm³/mol. The summed E-state index contributed by atoms with van der Waals surface area (Å²) < 4.78 is 3.11. The van der Waals surface area contributed by atoms with Crippen molar-refractivity contribution in [2.24, 2.45) is 7.05 Å². The maximum absolute atomic E-state index is 3.99.